The van der Waals surface area contributed by atoms with Crippen LogP contribution in [0.5, 0.6) is 0 Å². The molecule has 8 nitrogen and oxygen atoms in total. The van der Waals surface area contributed by atoms with Crippen molar-refractivity contribution < 1.29 is 32.9 Å². The normalized spacial score (nSPS) is 14.2. The van der Waals surface area contributed by atoms with Crippen molar-refractivity contribution in [1.29, 1.82) is 0 Å². The molecule has 0 rings (SSSR count). The van der Waals surface area contributed by atoms with E-state index in [0.29, 0.717) is 17.4 Å². The van der Waals surface area contributed by atoms with Gasteiger partial charge in [0.05, 0.1) is 39.9 Å². The minimum absolute atomic E-state index is 0.00541. The molecule has 0 radical (unpaired) electrons. The van der Waals surface area contributed by atoms with E-state index in [1.807, 2.05) is 27.2 Å². The summed E-state index contributed by atoms with van der Waals surface area (Å²) in [6, 6.07) is -0.902. The van der Waals surface area contributed by atoms with Crippen LogP contribution in [0, 0.1) is 0 Å². The van der Waals surface area contributed by atoms with Gasteiger partial charge in [-0.2, -0.15) is 0 Å². The summed E-state index contributed by atoms with van der Waals surface area (Å²) in [5, 5.41) is 13.9. The molecule has 0 bridgehead atoms. The number of nitrogens with one attached hydrogen (secondary N) is 1. The topological polar surface area (TPSA) is 108 Å². The minimum Gasteiger partial charge on any atom is -0.756 e. The van der Waals surface area contributed by atoms with Crippen LogP contribution in [0.25, 0.3) is 0 Å². The van der Waals surface area contributed by atoms with E-state index in [4.69, 9.17) is 9.05 Å². The van der Waals surface area contributed by atoms with Crippen LogP contribution in [0.2, 0.25) is 0 Å². The van der Waals surface area contributed by atoms with E-state index < -0.39 is 26.6 Å². The van der Waals surface area contributed by atoms with Crippen molar-refractivity contribution in [2.45, 2.75) is 283 Å². The number of amides is 1. The third kappa shape index (κ3) is 50.6. The van der Waals surface area contributed by atoms with Crippen LogP contribution in [0.3, 0.4) is 0 Å². The Hall–Kier alpha value is -1.28. The van der Waals surface area contributed by atoms with Crippen molar-refractivity contribution in [2.75, 3.05) is 40.9 Å². The highest BCUT2D eigenvalue weighted by atomic mass is 31.2. The second kappa shape index (κ2) is 48.7. The maximum absolute atomic E-state index is 13.0. The maximum Gasteiger partial charge on any atom is 0.268 e. The Balaban J connectivity index is 4.23. The number of hydrogen-bond acceptors (Lipinski definition) is 6. The molecule has 390 valence electrons. The number of unbranched alkanes of at least 4 members (excludes halogenated alkanes) is 35. The second-order valence-electron chi connectivity index (χ2n) is 20.6. The van der Waals surface area contributed by atoms with E-state index in [2.05, 4.69) is 43.5 Å². The van der Waals surface area contributed by atoms with Gasteiger partial charge >= 0.3 is 0 Å². The van der Waals surface area contributed by atoms with E-state index in [1.165, 1.54) is 212 Å². The molecule has 2 N–H and O–H groups in total. The largest absolute Gasteiger partial charge is 0.756 e. The van der Waals surface area contributed by atoms with Crippen LogP contribution in [0.4, 0.5) is 0 Å². The smallest absolute Gasteiger partial charge is 0.268 e. The Bertz CT molecular complexity index is 1170. The third-order valence-electron chi connectivity index (χ3n) is 12.8. The summed E-state index contributed by atoms with van der Waals surface area (Å²) in [5.74, 6) is -0.204. The molecule has 0 aromatic rings. The van der Waals surface area contributed by atoms with Crippen LogP contribution in [0.15, 0.2) is 36.5 Å². The molecule has 3 atom stereocenters. The molecule has 1 amide bonds. The van der Waals surface area contributed by atoms with Gasteiger partial charge in [0.15, 0.2) is 0 Å². The molecular formula is C57H111N2O6P. The van der Waals surface area contributed by atoms with Crippen molar-refractivity contribution in [3.05, 3.63) is 36.5 Å². The number of phosphoric acid groups is 1. The van der Waals surface area contributed by atoms with E-state index in [0.717, 1.165) is 38.5 Å². The van der Waals surface area contributed by atoms with Crippen molar-refractivity contribution in [3.63, 3.8) is 0 Å². The number of quaternary nitrogens is 1. The first kappa shape index (κ1) is 64.7. The molecule has 0 aliphatic carbocycles. The zero-order chi connectivity index (χ0) is 48.5. The number of carbonyl (C=O) groups is 1. The van der Waals surface area contributed by atoms with Gasteiger partial charge in [-0.25, -0.2) is 0 Å². The number of aliphatic hydroxyl groups is 1. The molecule has 3 unspecified atom stereocenters. The lowest BCUT2D eigenvalue weighted by molar-refractivity contribution is -0.870. The number of nitrogens with zero attached hydrogens (tertiary/aromatic N) is 1. The highest BCUT2D eigenvalue weighted by Gasteiger charge is 2.23. The number of rotatable bonds is 52. The van der Waals surface area contributed by atoms with Crippen LogP contribution < -0.4 is 10.2 Å². The van der Waals surface area contributed by atoms with Gasteiger partial charge in [0.25, 0.3) is 7.82 Å². The molecule has 0 saturated carbocycles. The molecule has 0 aliphatic heterocycles. The zero-order valence-corrected chi connectivity index (χ0v) is 45.3. The predicted molar refractivity (Wildman–Crippen MR) is 284 cm³/mol. The molecule has 0 aliphatic rings. The van der Waals surface area contributed by atoms with Gasteiger partial charge in [0, 0.05) is 6.42 Å². The third-order valence-corrected chi connectivity index (χ3v) is 13.8. The van der Waals surface area contributed by atoms with E-state index in [1.54, 1.807) is 6.08 Å². The molecular weight excluding hydrogens is 840 g/mol. The molecule has 9 heteroatoms. The lowest BCUT2D eigenvalue weighted by Gasteiger charge is -2.29. The fraction of sp³-hybridized carbons (Fsp3) is 0.877. The SMILES string of the molecule is CCCCCCCCCC/C=C\CCCCCCCCCCCCCCCC(=O)NC(COP(=O)([O-])OCC[N+](C)(C)C)C(O)/C=C/CC/C=C/CCCCCCCCCCCCCCC. The maximum atomic E-state index is 13.0. The number of hydrogen-bond donors (Lipinski definition) is 2. The predicted octanol–water partition coefficient (Wildman–Crippen LogP) is 16.4. The van der Waals surface area contributed by atoms with Gasteiger partial charge < -0.3 is 28.8 Å². The molecule has 0 spiro atoms. The Morgan fingerprint density at radius 3 is 1.23 bits per heavy atom. The van der Waals surface area contributed by atoms with Crippen molar-refractivity contribution in [2.24, 2.45) is 0 Å². The number of likely N-dealkylation sites (N-methyl/N-ethyl adjacent to an activating group) is 1. The van der Waals surface area contributed by atoms with Crippen LogP contribution in [-0.2, 0) is 18.4 Å². The van der Waals surface area contributed by atoms with Gasteiger partial charge in [0.1, 0.15) is 13.2 Å². The Kier molecular flexibility index (Phi) is 47.8. The average Bonchev–Trinajstić information content (AvgIpc) is 3.28. The fourth-order valence-electron chi connectivity index (χ4n) is 8.34. The van der Waals surface area contributed by atoms with Gasteiger partial charge in [-0.3, -0.25) is 9.36 Å². The number of allylic oxidation sites excluding steroid dienone is 5. The fourth-order valence-corrected chi connectivity index (χ4v) is 9.06. The second-order valence-corrected chi connectivity index (χ2v) is 22.0. The first-order valence-corrected chi connectivity index (χ1v) is 29.8. The van der Waals surface area contributed by atoms with Crippen molar-refractivity contribution in [1.82, 2.24) is 5.32 Å². The molecule has 0 aromatic heterocycles. The number of aliphatic hydroxyl groups excluding tert-OH is 1. The molecule has 66 heavy (non-hydrogen) atoms. The standard InChI is InChI=1S/C57H111N2O6P/c1-6-8-10-12-14-16-18-20-22-24-26-27-28-29-30-31-33-35-37-39-41-43-45-47-49-51-57(61)58-55(54-65-66(62,63)64-53-52-59(3,4)5)56(60)50-48-46-44-42-40-38-36-34-32-25-23-21-19-17-15-13-11-9-7-2/h24,26,40,42,48,50,55-56,60H,6-23,25,27-39,41,43-47,49,51-54H2,1-5H3,(H-,58,61,62,63)/b26-24-,42-40+,50-48+. The molecule has 0 saturated heterocycles. The Morgan fingerprint density at radius 2 is 0.848 bits per heavy atom. The Labute approximate surface area is 410 Å². The number of phosphoric ester groups is 1. The van der Waals surface area contributed by atoms with Crippen molar-refractivity contribution >= 4 is 13.7 Å². The summed E-state index contributed by atoms with van der Waals surface area (Å²) < 4.78 is 23.3. The summed E-state index contributed by atoms with van der Waals surface area (Å²) in [6.07, 6.45) is 62.2. The molecule has 0 heterocycles. The molecule has 0 fully saturated rings. The van der Waals surface area contributed by atoms with Crippen LogP contribution in [0.1, 0.15) is 271 Å². The highest BCUT2D eigenvalue weighted by molar-refractivity contribution is 7.45. The van der Waals surface area contributed by atoms with Crippen molar-refractivity contribution in [3.8, 4) is 0 Å². The first-order chi connectivity index (χ1) is 32.0. The summed E-state index contributed by atoms with van der Waals surface area (Å²) in [5.41, 5.74) is 0. The quantitative estimate of drug-likeness (QED) is 0.0272. The van der Waals surface area contributed by atoms with E-state index >= 15 is 0 Å². The summed E-state index contributed by atoms with van der Waals surface area (Å²) in [4.78, 5) is 25.5. The first-order valence-electron chi connectivity index (χ1n) is 28.4. The lowest BCUT2D eigenvalue weighted by Crippen LogP contribution is -2.45. The van der Waals surface area contributed by atoms with Gasteiger partial charge in [-0.05, 0) is 57.8 Å². The number of carbonyl (C=O) groups excluding carboxylic acids is 1. The zero-order valence-electron chi connectivity index (χ0n) is 44.4. The monoisotopic (exact) mass is 951 g/mol. The van der Waals surface area contributed by atoms with Gasteiger partial charge in [0.2, 0.25) is 5.91 Å². The Morgan fingerprint density at radius 1 is 0.515 bits per heavy atom. The van der Waals surface area contributed by atoms with E-state index in [9.17, 15) is 19.4 Å². The van der Waals surface area contributed by atoms with Gasteiger partial charge in [-0.1, -0.05) is 243 Å². The van der Waals surface area contributed by atoms with Crippen LogP contribution >= 0.6 is 7.82 Å². The summed E-state index contributed by atoms with van der Waals surface area (Å²) >= 11 is 0. The summed E-state index contributed by atoms with van der Waals surface area (Å²) in [7, 11) is 1.25. The van der Waals surface area contributed by atoms with E-state index in [-0.39, 0.29) is 12.5 Å². The van der Waals surface area contributed by atoms with Crippen LogP contribution in [-0.4, -0.2) is 68.5 Å². The lowest BCUT2D eigenvalue weighted by atomic mass is 10.0. The molecule has 0 aromatic carbocycles. The average molecular weight is 951 g/mol. The summed E-state index contributed by atoms with van der Waals surface area (Å²) in [6.45, 7) is 4.66. The highest BCUT2D eigenvalue weighted by Crippen LogP contribution is 2.38. The minimum atomic E-state index is -4.60. The van der Waals surface area contributed by atoms with Gasteiger partial charge in [-0.15, -0.1) is 0 Å².